The molecule has 1 aliphatic rings. The molecule has 15 heavy (non-hydrogen) atoms. The summed E-state index contributed by atoms with van der Waals surface area (Å²) in [7, 11) is 1.78. The van der Waals surface area contributed by atoms with Crippen molar-refractivity contribution < 1.29 is 9.53 Å². The smallest absolute Gasteiger partial charge is 0.327 e. The Kier molecular flexibility index (Phi) is 2.73. The quantitative estimate of drug-likeness (QED) is 0.727. The maximum atomic E-state index is 11.5. The lowest BCUT2D eigenvalue weighted by Gasteiger charge is -2.08. The third kappa shape index (κ3) is 2.56. The van der Waals surface area contributed by atoms with Crippen LogP contribution in [0.25, 0.3) is 0 Å². The van der Waals surface area contributed by atoms with Crippen LogP contribution in [-0.4, -0.2) is 22.4 Å². The lowest BCUT2D eigenvalue weighted by atomic mass is 10.2. The van der Waals surface area contributed by atoms with Crippen LogP contribution in [0.3, 0.4) is 0 Å². The summed E-state index contributed by atoms with van der Waals surface area (Å²) in [6.45, 7) is 0.507. The minimum Gasteiger partial charge on any atom is -0.464 e. The summed E-state index contributed by atoms with van der Waals surface area (Å²) in [6.07, 6.45) is 5.64. The van der Waals surface area contributed by atoms with Gasteiger partial charge in [-0.25, -0.2) is 4.79 Å². The first-order valence-electron chi connectivity index (χ1n) is 5.07. The molecular weight excluding hydrogens is 194 g/mol. The average molecular weight is 209 g/mol. The highest BCUT2D eigenvalue weighted by Crippen LogP contribution is 2.29. The van der Waals surface area contributed by atoms with Gasteiger partial charge in [0.25, 0.3) is 0 Å². The van der Waals surface area contributed by atoms with E-state index in [9.17, 15) is 4.79 Å². The lowest BCUT2D eigenvalue weighted by Crippen LogP contribution is -2.24. The Bertz CT molecular complexity index is 357. The molecule has 0 saturated heterocycles. The molecule has 5 heteroatoms. The number of aromatic nitrogens is 2. The van der Waals surface area contributed by atoms with Crippen LogP contribution in [0.2, 0.25) is 0 Å². The van der Waals surface area contributed by atoms with Gasteiger partial charge in [0.2, 0.25) is 0 Å². The number of ether oxygens (including phenoxy) is 1. The molecule has 1 aromatic heterocycles. The van der Waals surface area contributed by atoms with Crippen molar-refractivity contribution in [2.45, 2.75) is 18.9 Å². The Morgan fingerprint density at radius 1 is 1.80 bits per heavy atom. The van der Waals surface area contributed by atoms with Crippen LogP contribution in [0.1, 0.15) is 24.4 Å². The fourth-order valence-corrected chi connectivity index (χ4v) is 1.31. The summed E-state index contributed by atoms with van der Waals surface area (Å²) in [5.41, 5.74) is 6.42. The molecular formula is C10H15N3O2. The van der Waals surface area contributed by atoms with E-state index in [0.29, 0.717) is 18.1 Å². The number of carbonyl (C=O) groups is 1. The summed E-state index contributed by atoms with van der Waals surface area (Å²) in [5, 5.41) is 3.96. The van der Waals surface area contributed by atoms with Crippen molar-refractivity contribution >= 4 is 5.97 Å². The normalized spacial score (nSPS) is 17.5. The Labute approximate surface area is 88.2 Å². The molecule has 1 atom stereocenters. The molecule has 1 aromatic rings. The number of aryl methyl sites for hydroxylation is 1. The third-order valence-electron chi connectivity index (χ3n) is 2.50. The first-order chi connectivity index (χ1) is 7.16. The lowest BCUT2D eigenvalue weighted by molar-refractivity contribution is -0.145. The van der Waals surface area contributed by atoms with E-state index in [1.165, 1.54) is 0 Å². The Hall–Kier alpha value is -1.36. The summed E-state index contributed by atoms with van der Waals surface area (Å²) in [6, 6.07) is -0.711. The maximum absolute atomic E-state index is 11.5. The highest BCUT2D eigenvalue weighted by Gasteiger charge is 2.25. The van der Waals surface area contributed by atoms with Gasteiger partial charge in [0.15, 0.2) is 0 Å². The second kappa shape index (κ2) is 4.02. The number of hydrogen-bond donors (Lipinski definition) is 1. The number of rotatable bonds is 4. The van der Waals surface area contributed by atoms with Gasteiger partial charge in [0.05, 0.1) is 12.8 Å². The van der Waals surface area contributed by atoms with Gasteiger partial charge in [0, 0.05) is 18.8 Å². The molecule has 1 heterocycles. The molecule has 0 aliphatic heterocycles. The summed E-state index contributed by atoms with van der Waals surface area (Å²) >= 11 is 0. The second-order valence-corrected chi connectivity index (χ2v) is 4.00. The van der Waals surface area contributed by atoms with Crippen molar-refractivity contribution in [2.24, 2.45) is 18.7 Å². The maximum Gasteiger partial charge on any atom is 0.327 e. The Morgan fingerprint density at radius 2 is 2.53 bits per heavy atom. The molecule has 0 bridgehead atoms. The van der Waals surface area contributed by atoms with E-state index < -0.39 is 6.04 Å². The molecule has 1 aliphatic carbocycles. The molecule has 1 unspecified atom stereocenters. The van der Waals surface area contributed by atoms with Crippen molar-refractivity contribution in [3.8, 4) is 0 Å². The zero-order chi connectivity index (χ0) is 10.8. The van der Waals surface area contributed by atoms with Gasteiger partial charge in [0.1, 0.15) is 6.04 Å². The number of hydrogen-bond acceptors (Lipinski definition) is 4. The van der Waals surface area contributed by atoms with E-state index in [0.717, 1.165) is 12.8 Å². The number of nitrogens with two attached hydrogens (primary N) is 1. The number of nitrogens with zero attached hydrogens (tertiary/aromatic N) is 2. The fraction of sp³-hybridized carbons (Fsp3) is 0.600. The van der Waals surface area contributed by atoms with E-state index in [1.807, 2.05) is 0 Å². The fourth-order valence-electron chi connectivity index (χ4n) is 1.31. The largest absolute Gasteiger partial charge is 0.464 e. The van der Waals surface area contributed by atoms with Gasteiger partial charge in [-0.15, -0.1) is 0 Å². The molecule has 82 valence electrons. The molecule has 1 fully saturated rings. The van der Waals surface area contributed by atoms with Gasteiger partial charge in [-0.2, -0.15) is 5.10 Å². The van der Waals surface area contributed by atoms with Crippen LogP contribution >= 0.6 is 0 Å². The van der Waals surface area contributed by atoms with Crippen molar-refractivity contribution in [3.05, 3.63) is 18.0 Å². The third-order valence-corrected chi connectivity index (χ3v) is 2.50. The molecule has 5 nitrogen and oxygen atoms in total. The van der Waals surface area contributed by atoms with E-state index in [4.69, 9.17) is 10.5 Å². The van der Waals surface area contributed by atoms with Crippen molar-refractivity contribution in [1.29, 1.82) is 0 Å². The predicted octanol–water partition coefficient (Wildman–Crippen LogP) is 0.373. The van der Waals surface area contributed by atoms with Crippen LogP contribution < -0.4 is 5.73 Å². The number of esters is 1. The van der Waals surface area contributed by atoms with E-state index in [1.54, 1.807) is 24.1 Å². The van der Waals surface area contributed by atoms with Gasteiger partial charge in [-0.1, -0.05) is 0 Å². The van der Waals surface area contributed by atoms with Crippen LogP contribution in [0.5, 0.6) is 0 Å². The number of carbonyl (C=O) groups excluding carboxylic acids is 1. The second-order valence-electron chi connectivity index (χ2n) is 4.00. The van der Waals surface area contributed by atoms with Crippen molar-refractivity contribution in [3.63, 3.8) is 0 Å². The zero-order valence-electron chi connectivity index (χ0n) is 8.72. The molecule has 2 N–H and O–H groups in total. The SMILES string of the molecule is Cn1cc(C(N)C(=O)OCC2CC2)cn1. The molecule has 2 rings (SSSR count). The van der Waals surface area contributed by atoms with E-state index >= 15 is 0 Å². The Morgan fingerprint density at radius 3 is 3.07 bits per heavy atom. The Balaban J connectivity index is 1.88. The standard InChI is InChI=1S/C10H15N3O2/c1-13-5-8(4-12-13)9(11)10(14)15-6-7-2-3-7/h4-5,7,9H,2-3,6,11H2,1H3. The minimum atomic E-state index is -0.711. The zero-order valence-corrected chi connectivity index (χ0v) is 8.72. The monoisotopic (exact) mass is 209 g/mol. The summed E-state index contributed by atoms with van der Waals surface area (Å²) in [5.74, 6) is 0.199. The minimum absolute atomic E-state index is 0.366. The summed E-state index contributed by atoms with van der Waals surface area (Å²) in [4.78, 5) is 11.5. The molecule has 0 aromatic carbocycles. The van der Waals surface area contributed by atoms with Gasteiger partial charge in [-0.05, 0) is 18.8 Å². The van der Waals surface area contributed by atoms with Gasteiger partial charge in [-0.3, -0.25) is 4.68 Å². The average Bonchev–Trinajstić information content (AvgIpc) is 2.95. The van der Waals surface area contributed by atoms with Gasteiger partial charge < -0.3 is 10.5 Å². The van der Waals surface area contributed by atoms with Crippen molar-refractivity contribution in [1.82, 2.24) is 9.78 Å². The van der Waals surface area contributed by atoms with E-state index in [-0.39, 0.29) is 5.97 Å². The molecule has 0 radical (unpaired) electrons. The first kappa shape index (κ1) is 10.2. The van der Waals surface area contributed by atoms with Crippen LogP contribution in [0, 0.1) is 5.92 Å². The summed E-state index contributed by atoms with van der Waals surface area (Å²) < 4.78 is 6.70. The van der Waals surface area contributed by atoms with Crippen molar-refractivity contribution in [2.75, 3.05) is 6.61 Å². The molecule has 0 spiro atoms. The van der Waals surface area contributed by atoms with Crippen LogP contribution in [0.15, 0.2) is 12.4 Å². The van der Waals surface area contributed by atoms with E-state index in [2.05, 4.69) is 5.10 Å². The van der Waals surface area contributed by atoms with Gasteiger partial charge >= 0.3 is 5.97 Å². The molecule has 0 amide bonds. The molecule has 1 saturated carbocycles. The van der Waals surface area contributed by atoms with Crippen LogP contribution in [-0.2, 0) is 16.6 Å². The first-order valence-corrected chi connectivity index (χ1v) is 5.07. The topological polar surface area (TPSA) is 70.1 Å². The highest BCUT2D eigenvalue weighted by atomic mass is 16.5. The predicted molar refractivity (Wildman–Crippen MR) is 53.8 cm³/mol. The highest BCUT2D eigenvalue weighted by molar-refractivity contribution is 5.77. The van der Waals surface area contributed by atoms with Crippen LogP contribution in [0.4, 0.5) is 0 Å².